The molecule has 1 aliphatic carbocycles. The SMILES string of the molecule is CNC1CCC(C(C)(C)C)CC1n1ccnc1C. The molecule has 0 amide bonds. The number of hydrogen-bond acceptors (Lipinski definition) is 2. The first-order valence-corrected chi connectivity index (χ1v) is 7.10. The van der Waals surface area contributed by atoms with Crippen LogP contribution in [0.1, 0.15) is 51.9 Å². The predicted molar refractivity (Wildman–Crippen MR) is 75.6 cm³/mol. The van der Waals surface area contributed by atoms with Crippen LogP contribution in [-0.2, 0) is 0 Å². The molecule has 18 heavy (non-hydrogen) atoms. The lowest BCUT2D eigenvalue weighted by Gasteiger charge is -2.42. The van der Waals surface area contributed by atoms with Crippen molar-refractivity contribution >= 4 is 0 Å². The molecule has 102 valence electrons. The third-order valence-corrected chi connectivity index (χ3v) is 4.63. The van der Waals surface area contributed by atoms with E-state index < -0.39 is 0 Å². The molecule has 0 spiro atoms. The summed E-state index contributed by atoms with van der Waals surface area (Å²) < 4.78 is 2.36. The maximum absolute atomic E-state index is 4.38. The van der Waals surface area contributed by atoms with Gasteiger partial charge in [0.05, 0.1) is 6.04 Å². The second-order valence-electron chi connectivity index (χ2n) is 6.72. The second kappa shape index (κ2) is 5.04. The summed E-state index contributed by atoms with van der Waals surface area (Å²) in [6, 6.07) is 1.13. The van der Waals surface area contributed by atoms with Gasteiger partial charge in [-0.1, -0.05) is 20.8 Å². The van der Waals surface area contributed by atoms with Gasteiger partial charge in [-0.25, -0.2) is 4.98 Å². The summed E-state index contributed by atoms with van der Waals surface area (Å²) in [4.78, 5) is 4.38. The molecule has 1 aromatic rings. The Balaban J connectivity index is 2.21. The van der Waals surface area contributed by atoms with E-state index in [1.165, 1.54) is 19.3 Å². The first kappa shape index (κ1) is 13.6. The predicted octanol–water partition coefficient (Wildman–Crippen LogP) is 3.17. The van der Waals surface area contributed by atoms with Gasteiger partial charge in [0, 0.05) is 18.4 Å². The first-order valence-electron chi connectivity index (χ1n) is 7.10. The molecule has 3 nitrogen and oxygen atoms in total. The van der Waals surface area contributed by atoms with Crippen LogP contribution in [0.15, 0.2) is 12.4 Å². The highest BCUT2D eigenvalue weighted by molar-refractivity contribution is 4.99. The zero-order valence-electron chi connectivity index (χ0n) is 12.4. The van der Waals surface area contributed by atoms with Crippen LogP contribution in [0, 0.1) is 18.3 Å². The smallest absolute Gasteiger partial charge is 0.105 e. The molecular weight excluding hydrogens is 222 g/mol. The number of aryl methyl sites for hydroxylation is 1. The molecule has 3 unspecified atom stereocenters. The number of imidazole rings is 1. The van der Waals surface area contributed by atoms with E-state index in [0.717, 1.165) is 11.7 Å². The van der Waals surface area contributed by atoms with Crippen LogP contribution in [0.3, 0.4) is 0 Å². The minimum absolute atomic E-state index is 0.408. The Morgan fingerprint density at radius 1 is 1.33 bits per heavy atom. The van der Waals surface area contributed by atoms with Crippen molar-refractivity contribution in [2.75, 3.05) is 7.05 Å². The minimum Gasteiger partial charge on any atom is -0.331 e. The van der Waals surface area contributed by atoms with E-state index >= 15 is 0 Å². The largest absolute Gasteiger partial charge is 0.331 e. The molecular formula is C15H27N3. The highest BCUT2D eigenvalue weighted by Crippen LogP contribution is 2.42. The Bertz CT molecular complexity index is 389. The molecule has 0 radical (unpaired) electrons. The molecule has 0 saturated heterocycles. The maximum Gasteiger partial charge on any atom is 0.105 e. The molecule has 1 fully saturated rings. The van der Waals surface area contributed by atoms with Crippen LogP contribution in [0.25, 0.3) is 0 Å². The van der Waals surface area contributed by atoms with Crippen molar-refractivity contribution in [2.24, 2.45) is 11.3 Å². The van der Waals surface area contributed by atoms with Crippen molar-refractivity contribution in [3.05, 3.63) is 18.2 Å². The van der Waals surface area contributed by atoms with Crippen molar-refractivity contribution < 1.29 is 0 Å². The third-order valence-electron chi connectivity index (χ3n) is 4.63. The Hall–Kier alpha value is -0.830. The van der Waals surface area contributed by atoms with Gasteiger partial charge in [-0.05, 0) is 44.6 Å². The molecule has 1 N–H and O–H groups in total. The first-order chi connectivity index (χ1) is 8.43. The van der Waals surface area contributed by atoms with E-state index in [4.69, 9.17) is 0 Å². The maximum atomic E-state index is 4.38. The Labute approximate surface area is 111 Å². The number of aromatic nitrogens is 2. The highest BCUT2D eigenvalue weighted by Gasteiger charge is 2.36. The fourth-order valence-electron chi connectivity index (χ4n) is 3.32. The van der Waals surface area contributed by atoms with Gasteiger partial charge < -0.3 is 9.88 Å². The summed E-state index contributed by atoms with van der Waals surface area (Å²) >= 11 is 0. The third kappa shape index (κ3) is 2.61. The second-order valence-corrected chi connectivity index (χ2v) is 6.72. The number of nitrogens with zero attached hydrogens (tertiary/aromatic N) is 2. The topological polar surface area (TPSA) is 29.9 Å². The Morgan fingerprint density at radius 3 is 2.56 bits per heavy atom. The number of likely N-dealkylation sites (N-methyl/N-ethyl adjacent to an activating group) is 1. The summed E-state index contributed by atoms with van der Waals surface area (Å²) in [5.41, 5.74) is 0.408. The number of rotatable bonds is 2. The van der Waals surface area contributed by atoms with Gasteiger partial charge in [-0.2, -0.15) is 0 Å². The molecule has 0 bridgehead atoms. The van der Waals surface area contributed by atoms with Gasteiger partial charge in [0.15, 0.2) is 0 Å². The van der Waals surface area contributed by atoms with Crippen LogP contribution >= 0.6 is 0 Å². The monoisotopic (exact) mass is 249 g/mol. The van der Waals surface area contributed by atoms with Crippen molar-refractivity contribution in [1.82, 2.24) is 14.9 Å². The molecule has 0 aliphatic heterocycles. The lowest BCUT2D eigenvalue weighted by Crippen LogP contribution is -2.42. The minimum atomic E-state index is 0.408. The van der Waals surface area contributed by atoms with Crippen molar-refractivity contribution in [1.29, 1.82) is 0 Å². The molecule has 3 atom stereocenters. The Kier molecular flexibility index (Phi) is 3.81. The lowest BCUT2D eigenvalue weighted by molar-refractivity contribution is 0.119. The Morgan fingerprint density at radius 2 is 2.06 bits per heavy atom. The normalized spacial score (nSPS) is 29.5. The summed E-state index contributed by atoms with van der Waals surface area (Å²) in [6.45, 7) is 9.22. The van der Waals surface area contributed by atoms with E-state index in [-0.39, 0.29) is 0 Å². The zero-order valence-corrected chi connectivity index (χ0v) is 12.4. The van der Waals surface area contributed by atoms with Crippen LogP contribution in [-0.4, -0.2) is 22.6 Å². The van der Waals surface area contributed by atoms with E-state index in [2.05, 4.69) is 55.8 Å². The summed E-state index contributed by atoms with van der Waals surface area (Å²) in [7, 11) is 2.08. The molecule has 0 aromatic carbocycles. The summed E-state index contributed by atoms with van der Waals surface area (Å²) in [5.74, 6) is 1.93. The molecule has 1 heterocycles. The summed E-state index contributed by atoms with van der Waals surface area (Å²) in [5, 5.41) is 3.49. The quantitative estimate of drug-likeness (QED) is 0.872. The van der Waals surface area contributed by atoms with Crippen LogP contribution in [0.2, 0.25) is 0 Å². The summed E-state index contributed by atoms with van der Waals surface area (Å²) in [6.07, 6.45) is 7.91. The average Bonchev–Trinajstić information content (AvgIpc) is 2.73. The van der Waals surface area contributed by atoms with Crippen LogP contribution < -0.4 is 5.32 Å². The van der Waals surface area contributed by atoms with Crippen LogP contribution in [0.4, 0.5) is 0 Å². The standard InChI is InChI=1S/C15H27N3/c1-11-17-8-9-18(11)14-10-12(15(2,3)4)6-7-13(14)16-5/h8-9,12-14,16H,6-7,10H2,1-5H3. The van der Waals surface area contributed by atoms with E-state index in [9.17, 15) is 0 Å². The number of hydrogen-bond donors (Lipinski definition) is 1. The van der Waals surface area contributed by atoms with Gasteiger partial charge in [0.25, 0.3) is 0 Å². The van der Waals surface area contributed by atoms with Gasteiger partial charge in [-0.15, -0.1) is 0 Å². The molecule has 3 heteroatoms. The fourth-order valence-corrected chi connectivity index (χ4v) is 3.32. The highest BCUT2D eigenvalue weighted by atomic mass is 15.1. The van der Waals surface area contributed by atoms with Crippen molar-refractivity contribution in [2.45, 2.75) is 59.0 Å². The van der Waals surface area contributed by atoms with Gasteiger partial charge in [-0.3, -0.25) is 0 Å². The van der Waals surface area contributed by atoms with Gasteiger partial charge in [0.2, 0.25) is 0 Å². The molecule has 1 aromatic heterocycles. The van der Waals surface area contributed by atoms with Gasteiger partial charge in [0.1, 0.15) is 5.82 Å². The zero-order chi connectivity index (χ0) is 13.3. The van der Waals surface area contributed by atoms with E-state index in [1.807, 2.05) is 6.20 Å². The van der Waals surface area contributed by atoms with Gasteiger partial charge >= 0.3 is 0 Å². The van der Waals surface area contributed by atoms with E-state index in [1.54, 1.807) is 0 Å². The number of nitrogens with one attached hydrogen (secondary N) is 1. The molecule has 1 aliphatic rings. The fraction of sp³-hybridized carbons (Fsp3) is 0.800. The average molecular weight is 249 g/mol. The lowest BCUT2D eigenvalue weighted by atomic mass is 9.69. The van der Waals surface area contributed by atoms with E-state index in [0.29, 0.717) is 17.5 Å². The van der Waals surface area contributed by atoms with Crippen LogP contribution in [0.5, 0.6) is 0 Å². The molecule has 2 rings (SSSR count). The van der Waals surface area contributed by atoms with Crippen molar-refractivity contribution in [3.8, 4) is 0 Å². The van der Waals surface area contributed by atoms with Crippen molar-refractivity contribution in [3.63, 3.8) is 0 Å². The molecule has 1 saturated carbocycles.